The number of nitrogens with two attached hydrogens (primary N) is 1. The molecule has 0 aliphatic carbocycles. The van der Waals surface area contributed by atoms with E-state index in [-0.39, 0.29) is 18.8 Å². The van der Waals surface area contributed by atoms with Gasteiger partial charge < -0.3 is 16.2 Å². The highest BCUT2D eigenvalue weighted by molar-refractivity contribution is 7.92. The smallest absolute Gasteiger partial charge is 0.247 e. The van der Waals surface area contributed by atoms with E-state index in [4.69, 9.17) is 10.8 Å². The van der Waals surface area contributed by atoms with Crippen LogP contribution in [0.4, 0.5) is 0 Å². The first kappa shape index (κ1) is 14.3. The monoisotopic (exact) mass is 238 g/mol. The molecule has 0 heterocycles. The Morgan fingerprint density at radius 1 is 1.47 bits per heavy atom. The molecule has 0 aliphatic rings. The summed E-state index contributed by atoms with van der Waals surface area (Å²) < 4.78 is 22.6. The van der Waals surface area contributed by atoms with Gasteiger partial charge in [0, 0.05) is 13.1 Å². The molecule has 0 aromatic heterocycles. The van der Waals surface area contributed by atoms with Gasteiger partial charge in [0.15, 0.2) is 9.84 Å². The third kappa shape index (κ3) is 5.71. The molecule has 7 heteroatoms. The van der Waals surface area contributed by atoms with Gasteiger partial charge in [0.25, 0.3) is 0 Å². The standard InChI is InChI=1S/C8H18N2O4S/c1-6(2)15(13,14)4-3-10-5-7(11)8(9)12/h6-7,10-11H,3-5H2,1-2H3,(H2,9,12). The number of amides is 1. The second-order valence-electron chi connectivity index (χ2n) is 3.54. The lowest BCUT2D eigenvalue weighted by atomic mass is 10.3. The zero-order valence-electron chi connectivity index (χ0n) is 8.93. The van der Waals surface area contributed by atoms with Crippen LogP contribution in [0.3, 0.4) is 0 Å². The molecule has 15 heavy (non-hydrogen) atoms. The summed E-state index contributed by atoms with van der Waals surface area (Å²) in [4.78, 5) is 10.4. The molecule has 0 saturated carbocycles. The van der Waals surface area contributed by atoms with Crippen molar-refractivity contribution in [1.82, 2.24) is 5.32 Å². The van der Waals surface area contributed by atoms with Crippen molar-refractivity contribution in [3.8, 4) is 0 Å². The number of carbonyl (C=O) groups is 1. The van der Waals surface area contributed by atoms with Crippen molar-refractivity contribution in [3.05, 3.63) is 0 Å². The Balaban J connectivity index is 3.78. The molecule has 4 N–H and O–H groups in total. The summed E-state index contributed by atoms with van der Waals surface area (Å²) in [5.41, 5.74) is 4.81. The number of sulfone groups is 1. The fraction of sp³-hybridized carbons (Fsp3) is 0.875. The zero-order valence-corrected chi connectivity index (χ0v) is 9.75. The van der Waals surface area contributed by atoms with Gasteiger partial charge in [-0.3, -0.25) is 4.79 Å². The van der Waals surface area contributed by atoms with Crippen LogP contribution in [-0.4, -0.2) is 49.6 Å². The third-order valence-corrected chi connectivity index (χ3v) is 4.16. The van der Waals surface area contributed by atoms with Crippen molar-refractivity contribution >= 4 is 15.7 Å². The summed E-state index contributed by atoms with van der Waals surface area (Å²) in [6.45, 7) is 3.38. The van der Waals surface area contributed by atoms with Crippen LogP contribution < -0.4 is 11.1 Å². The van der Waals surface area contributed by atoms with E-state index in [9.17, 15) is 13.2 Å². The minimum absolute atomic E-state index is 0.0177. The molecule has 0 aliphatic heterocycles. The molecule has 0 saturated heterocycles. The molecule has 1 atom stereocenters. The Labute approximate surface area is 89.8 Å². The predicted molar refractivity (Wildman–Crippen MR) is 57.0 cm³/mol. The number of aliphatic hydroxyl groups is 1. The fourth-order valence-corrected chi connectivity index (χ4v) is 1.69. The molecule has 90 valence electrons. The van der Waals surface area contributed by atoms with Crippen LogP contribution in [0.25, 0.3) is 0 Å². The summed E-state index contributed by atoms with van der Waals surface area (Å²) in [6.07, 6.45) is -1.27. The first-order valence-corrected chi connectivity index (χ1v) is 6.38. The zero-order chi connectivity index (χ0) is 12.1. The molecule has 0 bridgehead atoms. The normalized spacial score (nSPS) is 14.1. The van der Waals surface area contributed by atoms with Crippen molar-refractivity contribution in [2.75, 3.05) is 18.8 Å². The third-order valence-electron chi connectivity index (χ3n) is 1.95. The minimum Gasteiger partial charge on any atom is -0.382 e. The lowest BCUT2D eigenvalue weighted by Crippen LogP contribution is -2.39. The highest BCUT2D eigenvalue weighted by Crippen LogP contribution is 1.98. The van der Waals surface area contributed by atoms with Crippen LogP contribution in [0.1, 0.15) is 13.8 Å². The maximum Gasteiger partial charge on any atom is 0.247 e. The van der Waals surface area contributed by atoms with E-state index in [0.717, 1.165) is 0 Å². The number of hydrogen-bond donors (Lipinski definition) is 3. The molecule has 0 aromatic rings. The van der Waals surface area contributed by atoms with Crippen LogP contribution in [-0.2, 0) is 14.6 Å². The average Bonchev–Trinajstić information content (AvgIpc) is 2.11. The van der Waals surface area contributed by atoms with Crippen LogP contribution in [0.15, 0.2) is 0 Å². The van der Waals surface area contributed by atoms with Crippen molar-refractivity contribution < 1.29 is 18.3 Å². The first-order chi connectivity index (χ1) is 6.77. The van der Waals surface area contributed by atoms with E-state index in [1.165, 1.54) is 0 Å². The van der Waals surface area contributed by atoms with Gasteiger partial charge in [-0.15, -0.1) is 0 Å². The lowest BCUT2D eigenvalue weighted by Gasteiger charge is -2.10. The Morgan fingerprint density at radius 3 is 2.40 bits per heavy atom. The van der Waals surface area contributed by atoms with Crippen LogP contribution >= 0.6 is 0 Å². The van der Waals surface area contributed by atoms with Gasteiger partial charge in [-0.1, -0.05) is 0 Å². The van der Waals surface area contributed by atoms with E-state index in [0.29, 0.717) is 0 Å². The lowest BCUT2D eigenvalue weighted by molar-refractivity contribution is -0.125. The molecular weight excluding hydrogens is 220 g/mol. The average molecular weight is 238 g/mol. The van der Waals surface area contributed by atoms with Gasteiger partial charge in [0.05, 0.1) is 11.0 Å². The molecule has 0 radical (unpaired) electrons. The Kier molecular flexibility index (Phi) is 5.77. The summed E-state index contributed by atoms with van der Waals surface area (Å²) >= 11 is 0. The summed E-state index contributed by atoms with van der Waals surface area (Å²) in [6, 6.07) is 0. The second-order valence-corrected chi connectivity index (χ2v) is 6.21. The SMILES string of the molecule is CC(C)S(=O)(=O)CCNCC(O)C(N)=O. The molecule has 0 aromatic carbocycles. The Bertz CT molecular complexity index is 300. The number of rotatable bonds is 7. The van der Waals surface area contributed by atoms with Crippen molar-refractivity contribution in [2.45, 2.75) is 25.2 Å². The van der Waals surface area contributed by atoms with Gasteiger partial charge in [0.1, 0.15) is 6.10 Å². The van der Waals surface area contributed by atoms with Gasteiger partial charge in [-0.2, -0.15) is 0 Å². The van der Waals surface area contributed by atoms with Crippen molar-refractivity contribution in [1.29, 1.82) is 0 Å². The minimum atomic E-state index is -3.08. The topological polar surface area (TPSA) is 109 Å². The van der Waals surface area contributed by atoms with Gasteiger partial charge in [-0.25, -0.2) is 8.42 Å². The predicted octanol–water partition coefficient (Wildman–Crippen LogP) is -1.75. The van der Waals surface area contributed by atoms with Crippen molar-refractivity contribution in [2.24, 2.45) is 5.73 Å². The molecular formula is C8H18N2O4S. The van der Waals surface area contributed by atoms with Gasteiger partial charge >= 0.3 is 0 Å². The van der Waals surface area contributed by atoms with Gasteiger partial charge in [-0.05, 0) is 13.8 Å². The van der Waals surface area contributed by atoms with Gasteiger partial charge in [0.2, 0.25) is 5.91 Å². The summed E-state index contributed by atoms with van der Waals surface area (Å²) in [5.74, 6) is -0.843. The van der Waals surface area contributed by atoms with Crippen molar-refractivity contribution in [3.63, 3.8) is 0 Å². The molecule has 6 nitrogen and oxygen atoms in total. The van der Waals surface area contributed by atoms with E-state index in [1.54, 1.807) is 13.8 Å². The quantitative estimate of drug-likeness (QED) is 0.455. The number of hydrogen-bond acceptors (Lipinski definition) is 5. The second kappa shape index (κ2) is 6.04. The Morgan fingerprint density at radius 2 is 2.00 bits per heavy atom. The molecule has 0 rings (SSSR count). The largest absolute Gasteiger partial charge is 0.382 e. The van der Waals surface area contributed by atoms with Crippen LogP contribution in [0.5, 0.6) is 0 Å². The van der Waals surface area contributed by atoms with E-state index >= 15 is 0 Å². The molecule has 0 spiro atoms. The molecule has 1 amide bonds. The van der Waals surface area contributed by atoms with E-state index < -0.39 is 27.1 Å². The van der Waals surface area contributed by atoms with Crippen LogP contribution in [0, 0.1) is 0 Å². The molecule has 0 fully saturated rings. The maximum absolute atomic E-state index is 11.3. The summed E-state index contributed by atoms with van der Waals surface area (Å²) in [7, 11) is -3.08. The number of primary amides is 1. The number of aliphatic hydroxyl groups excluding tert-OH is 1. The van der Waals surface area contributed by atoms with Crippen LogP contribution in [0.2, 0.25) is 0 Å². The highest BCUT2D eigenvalue weighted by Gasteiger charge is 2.16. The highest BCUT2D eigenvalue weighted by atomic mass is 32.2. The Hall–Kier alpha value is -0.660. The first-order valence-electron chi connectivity index (χ1n) is 4.67. The maximum atomic E-state index is 11.3. The van der Waals surface area contributed by atoms with E-state index in [2.05, 4.69) is 5.32 Å². The fourth-order valence-electron chi connectivity index (χ4n) is 0.790. The number of carbonyl (C=O) groups excluding carboxylic acids is 1. The summed E-state index contributed by atoms with van der Waals surface area (Å²) in [5, 5.41) is 11.2. The molecule has 1 unspecified atom stereocenters. The van der Waals surface area contributed by atoms with E-state index in [1.807, 2.05) is 0 Å². The number of nitrogens with one attached hydrogen (secondary N) is 1.